The maximum Gasteiger partial charge on any atom is 0.173 e. The number of hydrogen-bond acceptors (Lipinski definition) is 2. The van der Waals surface area contributed by atoms with Gasteiger partial charge in [0.05, 0.1) is 16.1 Å². The molecule has 1 rings (SSSR count). The molecule has 0 amide bonds. The molecule has 0 unspecified atom stereocenters. The van der Waals surface area contributed by atoms with Crippen LogP contribution in [0.2, 0.25) is 5.02 Å². The first-order valence-corrected chi connectivity index (χ1v) is 3.68. The Morgan fingerprint density at radius 3 is 1.71 bits per heavy atom. The molecule has 6 heteroatoms. The zero-order chi connectivity index (χ0) is 10.9. The van der Waals surface area contributed by atoms with Gasteiger partial charge in [0.2, 0.25) is 0 Å². The zero-order valence-electron chi connectivity index (χ0n) is 6.48. The van der Waals surface area contributed by atoms with Gasteiger partial charge in [0, 0.05) is 0 Å². The van der Waals surface area contributed by atoms with Gasteiger partial charge in [-0.1, -0.05) is 11.6 Å². The topological polar surface area (TPSA) is 34.1 Å². The van der Waals surface area contributed by atoms with Crippen molar-refractivity contribution < 1.29 is 22.8 Å². The van der Waals surface area contributed by atoms with Crippen LogP contribution in [-0.4, -0.2) is 12.6 Å². The summed E-state index contributed by atoms with van der Waals surface area (Å²) in [6.45, 7) is 0. The fourth-order valence-electron chi connectivity index (χ4n) is 0.873. The van der Waals surface area contributed by atoms with Gasteiger partial charge < -0.3 is 0 Å². The van der Waals surface area contributed by atoms with Gasteiger partial charge in [-0.3, -0.25) is 9.59 Å². The molecule has 0 aromatic heterocycles. The Hall–Kier alpha value is -1.36. The number of rotatable bonds is 2. The molecule has 1 aromatic rings. The lowest BCUT2D eigenvalue weighted by atomic mass is 10.1. The van der Waals surface area contributed by atoms with Crippen LogP contribution < -0.4 is 0 Å². The molecule has 0 saturated heterocycles. The summed E-state index contributed by atoms with van der Waals surface area (Å²) in [6.07, 6.45) is -0.341. The highest BCUT2D eigenvalue weighted by molar-refractivity contribution is 6.33. The SMILES string of the molecule is O=Cc1c(F)c(F)c(C=O)c(Cl)c1F. The van der Waals surface area contributed by atoms with E-state index in [0.717, 1.165) is 0 Å². The molecule has 0 heterocycles. The Bertz CT molecular complexity index is 350. The first-order valence-electron chi connectivity index (χ1n) is 3.30. The van der Waals surface area contributed by atoms with Crippen LogP contribution in [0.1, 0.15) is 20.7 Å². The summed E-state index contributed by atoms with van der Waals surface area (Å²) in [7, 11) is 0. The van der Waals surface area contributed by atoms with Crippen LogP contribution in [0.15, 0.2) is 0 Å². The minimum absolute atomic E-state index is 0.127. The lowest BCUT2D eigenvalue weighted by Gasteiger charge is -2.04. The van der Waals surface area contributed by atoms with Crippen LogP contribution in [0.5, 0.6) is 0 Å². The lowest BCUT2D eigenvalue weighted by molar-refractivity contribution is 0.110. The third-order valence-electron chi connectivity index (χ3n) is 1.57. The average molecular weight is 223 g/mol. The predicted octanol–water partition coefficient (Wildman–Crippen LogP) is 2.38. The van der Waals surface area contributed by atoms with Crippen LogP contribution in [-0.2, 0) is 0 Å². The summed E-state index contributed by atoms with van der Waals surface area (Å²) in [5.74, 6) is -4.79. The monoisotopic (exact) mass is 222 g/mol. The van der Waals surface area contributed by atoms with Gasteiger partial charge in [0.25, 0.3) is 0 Å². The quantitative estimate of drug-likeness (QED) is 0.569. The fourth-order valence-corrected chi connectivity index (χ4v) is 1.10. The average Bonchev–Trinajstić information content (AvgIpc) is 2.17. The van der Waals surface area contributed by atoms with E-state index in [1.807, 2.05) is 0 Å². The number of carbonyl (C=O) groups excluding carboxylic acids is 2. The van der Waals surface area contributed by atoms with E-state index in [1.54, 1.807) is 0 Å². The molecule has 14 heavy (non-hydrogen) atoms. The molecule has 2 nitrogen and oxygen atoms in total. The van der Waals surface area contributed by atoms with Crippen LogP contribution >= 0.6 is 11.6 Å². The second-order valence-corrected chi connectivity index (χ2v) is 2.70. The summed E-state index contributed by atoms with van der Waals surface area (Å²) in [4.78, 5) is 20.4. The number of aldehydes is 2. The first kappa shape index (κ1) is 10.7. The molecule has 0 aliphatic heterocycles. The van der Waals surface area contributed by atoms with Crippen LogP contribution in [0.4, 0.5) is 13.2 Å². The Kier molecular flexibility index (Phi) is 2.90. The Balaban J connectivity index is 3.71. The Morgan fingerprint density at radius 1 is 0.857 bits per heavy atom. The van der Waals surface area contributed by atoms with Crippen molar-refractivity contribution in [1.29, 1.82) is 0 Å². The van der Waals surface area contributed by atoms with Gasteiger partial charge in [-0.25, -0.2) is 13.2 Å². The van der Waals surface area contributed by atoms with Gasteiger partial charge in [-0.05, 0) is 0 Å². The number of benzene rings is 1. The normalized spacial score (nSPS) is 10.0. The van der Waals surface area contributed by atoms with E-state index >= 15 is 0 Å². The Morgan fingerprint density at radius 2 is 1.29 bits per heavy atom. The van der Waals surface area contributed by atoms with Crippen LogP contribution in [0.25, 0.3) is 0 Å². The number of carbonyl (C=O) groups is 2. The van der Waals surface area contributed by atoms with Gasteiger partial charge in [-0.15, -0.1) is 0 Å². The summed E-state index contributed by atoms with van der Waals surface area (Å²) >= 11 is 5.18. The maximum atomic E-state index is 13.0. The van der Waals surface area contributed by atoms with E-state index in [1.165, 1.54) is 0 Å². The molecule has 0 spiro atoms. The summed E-state index contributed by atoms with van der Waals surface area (Å²) in [5.41, 5.74) is -2.06. The third-order valence-corrected chi connectivity index (χ3v) is 1.94. The maximum absolute atomic E-state index is 13.0. The van der Waals surface area contributed by atoms with Crippen molar-refractivity contribution in [2.45, 2.75) is 0 Å². The molecule has 0 aliphatic rings. The van der Waals surface area contributed by atoms with Crippen LogP contribution in [0, 0.1) is 17.5 Å². The summed E-state index contributed by atoms with van der Waals surface area (Å²) < 4.78 is 38.7. The molecule has 0 atom stereocenters. The van der Waals surface area contributed by atoms with Gasteiger partial charge in [-0.2, -0.15) is 0 Å². The van der Waals surface area contributed by atoms with E-state index in [0.29, 0.717) is 0 Å². The molecule has 0 aliphatic carbocycles. The third kappa shape index (κ3) is 1.39. The van der Waals surface area contributed by atoms with Gasteiger partial charge >= 0.3 is 0 Å². The molecular formula is C8H2ClF3O2. The van der Waals surface area contributed by atoms with E-state index in [9.17, 15) is 22.8 Å². The lowest BCUT2D eigenvalue weighted by Crippen LogP contribution is -2.04. The van der Waals surface area contributed by atoms with Gasteiger partial charge in [0.1, 0.15) is 0 Å². The second kappa shape index (κ2) is 3.79. The van der Waals surface area contributed by atoms with Crippen molar-refractivity contribution in [3.8, 4) is 0 Å². The highest BCUT2D eigenvalue weighted by atomic mass is 35.5. The summed E-state index contributed by atoms with van der Waals surface area (Å²) in [6, 6.07) is 0. The van der Waals surface area contributed by atoms with Crippen molar-refractivity contribution in [2.24, 2.45) is 0 Å². The molecule has 0 N–H and O–H groups in total. The minimum atomic E-state index is -1.72. The highest BCUT2D eigenvalue weighted by Gasteiger charge is 2.23. The largest absolute Gasteiger partial charge is 0.298 e. The molecule has 74 valence electrons. The van der Waals surface area contributed by atoms with E-state index < -0.39 is 33.6 Å². The number of hydrogen-bond donors (Lipinski definition) is 0. The van der Waals surface area contributed by atoms with Crippen molar-refractivity contribution in [1.82, 2.24) is 0 Å². The Labute approximate surface area is 81.3 Å². The fraction of sp³-hybridized carbons (Fsp3) is 0. The van der Waals surface area contributed by atoms with Crippen molar-refractivity contribution in [3.63, 3.8) is 0 Å². The van der Waals surface area contributed by atoms with Crippen molar-refractivity contribution in [2.75, 3.05) is 0 Å². The minimum Gasteiger partial charge on any atom is -0.298 e. The highest BCUT2D eigenvalue weighted by Crippen LogP contribution is 2.26. The molecule has 0 saturated carbocycles. The van der Waals surface area contributed by atoms with Crippen molar-refractivity contribution >= 4 is 24.2 Å². The summed E-state index contributed by atoms with van der Waals surface area (Å²) in [5, 5.41) is -0.902. The van der Waals surface area contributed by atoms with Crippen molar-refractivity contribution in [3.05, 3.63) is 33.6 Å². The van der Waals surface area contributed by atoms with E-state index in [4.69, 9.17) is 11.6 Å². The van der Waals surface area contributed by atoms with Crippen LogP contribution in [0.3, 0.4) is 0 Å². The second-order valence-electron chi connectivity index (χ2n) is 2.32. The van der Waals surface area contributed by atoms with E-state index in [2.05, 4.69) is 0 Å². The smallest absolute Gasteiger partial charge is 0.173 e. The standard InChI is InChI=1S/C8H2ClF3O2/c9-5-3(1-13)7(11)8(12)4(2-14)6(5)10/h1-2H. The molecule has 1 aromatic carbocycles. The number of halogens is 4. The van der Waals surface area contributed by atoms with Gasteiger partial charge in [0.15, 0.2) is 30.0 Å². The molecular weight excluding hydrogens is 221 g/mol. The molecule has 0 bridgehead atoms. The predicted molar refractivity (Wildman–Crippen MR) is 42.1 cm³/mol. The molecule has 0 radical (unpaired) electrons. The zero-order valence-corrected chi connectivity index (χ0v) is 7.24. The van der Waals surface area contributed by atoms with E-state index in [-0.39, 0.29) is 12.6 Å². The molecule has 0 fully saturated rings. The first-order chi connectivity index (χ1) is 6.54.